The molecule has 0 radical (unpaired) electrons. The largest absolute Gasteiger partial charge is 0.417 e. The third kappa shape index (κ3) is 5.11. The highest BCUT2D eigenvalue weighted by Crippen LogP contribution is 2.37. The van der Waals surface area contributed by atoms with E-state index in [4.69, 9.17) is 0 Å². The van der Waals surface area contributed by atoms with Gasteiger partial charge in [-0.15, -0.1) is 0 Å². The molecule has 0 bridgehead atoms. The Morgan fingerprint density at radius 3 is 2.16 bits per heavy atom. The third-order valence-electron chi connectivity index (χ3n) is 3.53. The maximum Gasteiger partial charge on any atom is 0.417 e. The predicted molar refractivity (Wildman–Crippen MR) is 91.1 cm³/mol. The molecule has 0 N–H and O–H groups in total. The molecular formula is C17H22F3N3OS. The lowest BCUT2D eigenvalue weighted by atomic mass is 10.1. The van der Waals surface area contributed by atoms with Gasteiger partial charge in [-0.2, -0.15) is 18.4 Å². The van der Waals surface area contributed by atoms with Crippen molar-refractivity contribution in [3.05, 3.63) is 22.9 Å². The van der Waals surface area contributed by atoms with Crippen molar-refractivity contribution in [2.45, 2.75) is 70.1 Å². The van der Waals surface area contributed by atoms with Gasteiger partial charge in [0.15, 0.2) is 0 Å². The van der Waals surface area contributed by atoms with E-state index >= 15 is 0 Å². The quantitative estimate of drug-likeness (QED) is 0.718. The highest BCUT2D eigenvalue weighted by molar-refractivity contribution is 8.00. The number of pyridine rings is 1. The van der Waals surface area contributed by atoms with Crippen molar-refractivity contribution in [2.75, 3.05) is 0 Å². The lowest BCUT2D eigenvalue weighted by Gasteiger charge is -2.33. The van der Waals surface area contributed by atoms with Crippen LogP contribution < -0.4 is 0 Å². The number of alkyl halides is 3. The number of thioether (sulfide) groups is 1. The summed E-state index contributed by atoms with van der Waals surface area (Å²) in [5, 5.41) is 8.47. The van der Waals surface area contributed by atoms with E-state index in [9.17, 15) is 23.2 Å². The average Bonchev–Trinajstić information content (AvgIpc) is 2.44. The molecule has 1 amide bonds. The summed E-state index contributed by atoms with van der Waals surface area (Å²) in [7, 11) is 0. The van der Waals surface area contributed by atoms with Crippen LogP contribution in [0.1, 0.15) is 51.4 Å². The van der Waals surface area contributed by atoms with Crippen LogP contribution in [0.25, 0.3) is 0 Å². The number of aromatic nitrogens is 1. The van der Waals surface area contributed by atoms with Crippen molar-refractivity contribution in [3.63, 3.8) is 0 Å². The first-order valence-corrected chi connectivity index (χ1v) is 8.75. The van der Waals surface area contributed by atoms with Crippen molar-refractivity contribution >= 4 is 17.7 Å². The maximum absolute atomic E-state index is 13.2. The smallest absolute Gasteiger partial charge is 0.337 e. The van der Waals surface area contributed by atoms with Crippen LogP contribution >= 0.6 is 11.8 Å². The zero-order chi connectivity index (χ0) is 19.5. The van der Waals surface area contributed by atoms with Gasteiger partial charge in [0.1, 0.15) is 11.1 Å². The average molecular weight is 373 g/mol. The van der Waals surface area contributed by atoms with Gasteiger partial charge in [-0.25, -0.2) is 4.98 Å². The predicted octanol–water partition coefficient (Wildman–Crippen LogP) is 4.41. The summed E-state index contributed by atoms with van der Waals surface area (Å²) in [6, 6.07) is 2.36. The first kappa shape index (κ1) is 21.3. The maximum atomic E-state index is 13.2. The zero-order valence-electron chi connectivity index (χ0n) is 15.1. The number of nitriles is 1. The molecule has 138 valence electrons. The molecule has 0 spiro atoms. The van der Waals surface area contributed by atoms with Gasteiger partial charge in [0, 0.05) is 17.8 Å². The number of halogens is 3. The Bertz CT molecular complexity index is 673. The van der Waals surface area contributed by atoms with Gasteiger partial charge in [0.2, 0.25) is 5.91 Å². The van der Waals surface area contributed by atoms with Crippen LogP contribution in [0, 0.1) is 18.3 Å². The second-order valence-electron chi connectivity index (χ2n) is 6.29. The van der Waals surface area contributed by atoms with E-state index in [1.807, 2.05) is 27.7 Å². The number of rotatable bonds is 5. The van der Waals surface area contributed by atoms with E-state index in [0.717, 1.165) is 17.8 Å². The van der Waals surface area contributed by atoms with E-state index in [0.29, 0.717) is 0 Å². The Morgan fingerprint density at radius 1 is 1.24 bits per heavy atom. The fourth-order valence-corrected chi connectivity index (χ4v) is 3.62. The summed E-state index contributed by atoms with van der Waals surface area (Å²) in [5.41, 5.74) is -1.41. The van der Waals surface area contributed by atoms with Gasteiger partial charge in [-0.05, 0) is 47.6 Å². The number of carbonyl (C=O) groups is 1. The van der Waals surface area contributed by atoms with Crippen molar-refractivity contribution in [1.82, 2.24) is 9.88 Å². The minimum atomic E-state index is -4.65. The van der Waals surface area contributed by atoms with Crippen molar-refractivity contribution in [2.24, 2.45) is 0 Å². The Morgan fingerprint density at radius 2 is 1.76 bits per heavy atom. The number of amides is 1. The molecule has 0 saturated carbocycles. The van der Waals surface area contributed by atoms with E-state index in [1.165, 1.54) is 6.92 Å². The van der Waals surface area contributed by atoms with Gasteiger partial charge in [-0.1, -0.05) is 11.8 Å². The second-order valence-corrected chi connectivity index (χ2v) is 7.62. The van der Waals surface area contributed by atoms with E-state index in [1.54, 1.807) is 17.9 Å². The third-order valence-corrected chi connectivity index (χ3v) is 4.61. The number of carbonyl (C=O) groups excluding carboxylic acids is 1. The van der Waals surface area contributed by atoms with Gasteiger partial charge in [0.25, 0.3) is 0 Å². The number of nitrogens with zero attached hydrogens (tertiary/aromatic N) is 3. The Labute approximate surface area is 150 Å². The molecule has 1 rings (SSSR count). The SMILES string of the molecule is Cc1cc(C(F)(F)F)c(C#N)c(S[C@@H](C)C(=O)N(C(C)C)C(C)C)n1. The highest BCUT2D eigenvalue weighted by Gasteiger charge is 2.36. The van der Waals surface area contributed by atoms with Crippen LogP contribution in [0.15, 0.2) is 11.1 Å². The summed E-state index contributed by atoms with van der Waals surface area (Å²) in [4.78, 5) is 18.4. The minimum absolute atomic E-state index is 0.0396. The summed E-state index contributed by atoms with van der Waals surface area (Å²) < 4.78 is 39.5. The first-order chi connectivity index (χ1) is 11.4. The first-order valence-electron chi connectivity index (χ1n) is 7.87. The van der Waals surface area contributed by atoms with Crippen LogP contribution in [0.3, 0.4) is 0 Å². The van der Waals surface area contributed by atoms with Crippen LogP contribution in [-0.4, -0.2) is 33.1 Å². The summed E-state index contributed by atoms with van der Waals surface area (Å²) >= 11 is 0.886. The van der Waals surface area contributed by atoms with Gasteiger partial charge in [0.05, 0.1) is 16.4 Å². The number of hydrogen-bond acceptors (Lipinski definition) is 4. The molecule has 8 heteroatoms. The highest BCUT2D eigenvalue weighted by atomic mass is 32.2. The van der Waals surface area contributed by atoms with Crippen LogP contribution in [-0.2, 0) is 11.0 Å². The Hall–Kier alpha value is -1.75. The fraction of sp³-hybridized carbons (Fsp3) is 0.588. The summed E-state index contributed by atoms with van der Waals surface area (Å²) in [6.07, 6.45) is -4.65. The standard InChI is InChI=1S/C17H22F3N3OS/c1-9(2)23(10(3)4)16(24)12(6)25-15-13(8-21)14(17(18,19)20)7-11(5)22-15/h7,9-10,12H,1-6H3/t12-/m0/s1. The van der Waals surface area contributed by atoms with Crippen molar-refractivity contribution in [3.8, 4) is 6.07 Å². The van der Waals surface area contributed by atoms with Crippen LogP contribution in [0.5, 0.6) is 0 Å². The summed E-state index contributed by atoms with van der Waals surface area (Å²) in [6.45, 7) is 10.6. The van der Waals surface area contributed by atoms with Gasteiger partial charge < -0.3 is 4.90 Å². The molecule has 1 atom stereocenters. The van der Waals surface area contributed by atoms with Gasteiger partial charge >= 0.3 is 6.18 Å². The van der Waals surface area contributed by atoms with E-state index < -0.39 is 22.6 Å². The van der Waals surface area contributed by atoms with Crippen molar-refractivity contribution in [1.29, 1.82) is 5.26 Å². The molecule has 0 aliphatic rings. The Balaban J connectivity index is 3.25. The van der Waals surface area contributed by atoms with Gasteiger partial charge in [-0.3, -0.25) is 4.79 Å². The topological polar surface area (TPSA) is 57.0 Å². The van der Waals surface area contributed by atoms with E-state index in [2.05, 4.69) is 4.98 Å². The molecule has 0 unspecified atom stereocenters. The van der Waals surface area contributed by atoms with Crippen molar-refractivity contribution < 1.29 is 18.0 Å². The molecule has 1 aromatic heterocycles. The van der Waals surface area contributed by atoms with Crippen LogP contribution in [0.4, 0.5) is 13.2 Å². The molecule has 25 heavy (non-hydrogen) atoms. The van der Waals surface area contributed by atoms with Crippen LogP contribution in [0.2, 0.25) is 0 Å². The lowest BCUT2D eigenvalue weighted by molar-refractivity contribution is -0.138. The molecule has 1 heterocycles. The molecule has 4 nitrogen and oxygen atoms in total. The zero-order valence-corrected chi connectivity index (χ0v) is 15.9. The molecule has 0 saturated heterocycles. The summed E-state index contributed by atoms with van der Waals surface area (Å²) in [5.74, 6) is -0.198. The molecule has 1 aromatic rings. The number of aryl methyl sites for hydroxylation is 1. The lowest BCUT2D eigenvalue weighted by Crippen LogP contribution is -2.45. The second kappa shape index (κ2) is 8.09. The molecule has 0 aliphatic carbocycles. The minimum Gasteiger partial charge on any atom is -0.337 e. The van der Waals surface area contributed by atoms with E-state index in [-0.39, 0.29) is 28.7 Å². The molecule has 0 aliphatic heterocycles. The Kier molecular flexibility index (Phi) is 6.89. The molecular weight excluding hydrogens is 351 g/mol. The molecule has 0 aromatic carbocycles. The molecule has 0 fully saturated rings. The fourth-order valence-electron chi connectivity index (χ4n) is 2.59. The number of hydrogen-bond donors (Lipinski definition) is 0. The normalized spacial score (nSPS) is 13.0. The monoisotopic (exact) mass is 373 g/mol.